The standard InChI is InChI=1S/C18H24N4O5S/c1-12-5-7-13(8-6-12)11-19-16(24)14-15(23)17(25)21(2)18(20-14)22-9-3-4-10-28(22,26)27/h5-8,23,26-27H,3-4,9-11H2,1-2H3,(H,19,24). The van der Waals surface area contributed by atoms with Gasteiger partial charge in [0.1, 0.15) is 0 Å². The van der Waals surface area contributed by atoms with Crippen LogP contribution in [0.2, 0.25) is 0 Å². The highest BCUT2D eigenvalue weighted by molar-refractivity contribution is 8.25. The van der Waals surface area contributed by atoms with E-state index in [1.165, 1.54) is 11.4 Å². The third-order valence-electron chi connectivity index (χ3n) is 4.64. The van der Waals surface area contributed by atoms with E-state index in [4.69, 9.17) is 0 Å². The van der Waals surface area contributed by atoms with Gasteiger partial charge in [-0.2, -0.15) is 0 Å². The van der Waals surface area contributed by atoms with Crippen molar-refractivity contribution in [1.82, 2.24) is 14.9 Å². The number of hydrogen-bond donors (Lipinski definition) is 4. The Hall–Kier alpha value is -2.56. The number of anilines is 1. The van der Waals surface area contributed by atoms with E-state index in [2.05, 4.69) is 10.3 Å². The molecule has 3 rings (SSSR count). The van der Waals surface area contributed by atoms with Crippen LogP contribution >= 0.6 is 10.8 Å². The molecule has 4 N–H and O–H groups in total. The highest BCUT2D eigenvalue weighted by Crippen LogP contribution is 2.48. The molecule has 28 heavy (non-hydrogen) atoms. The van der Waals surface area contributed by atoms with Crippen molar-refractivity contribution >= 4 is 22.6 Å². The van der Waals surface area contributed by atoms with Gasteiger partial charge in [-0.15, -0.1) is 10.8 Å². The SMILES string of the molecule is Cc1ccc(CNC(=O)c2nc(N3CCCCS3(O)O)n(C)c(=O)c2O)cc1. The largest absolute Gasteiger partial charge is 0.501 e. The fraction of sp³-hybridized carbons (Fsp3) is 0.389. The maximum atomic E-state index is 12.5. The van der Waals surface area contributed by atoms with E-state index in [9.17, 15) is 23.8 Å². The number of aromatic hydroxyl groups is 1. The van der Waals surface area contributed by atoms with Gasteiger partial charge in [0.25, 0.3) is 11.5 Å². The van der Waals surface area contributed by atoms with Crippen LogP contribution in [0.15, 0.2) is 29.1 Å². The molecule has 1 fully saturated rings. The number of rotatable bonds is 4. The lowest BCUT2D eigenvalue weighted by molar-refractivity contribution is 0.0942. The van der Waals surface area contributed by atoms with Gasteiger partial charge in [0.2, 0.25) is 11.7 Å². The molecule has 0 spiro atoms. The highest BCUT2D eigenvalue weighted by atomic mass is 32.3. The molecule has 0 atom stereocenters. The van der Waals surface area contributed by atoms with Crippen LogP contribution in [0.5, 0.6) is 5.75 Å². The Bertz CT molecular complexity index is 942. The van der Waals surface area contributed by atoms with Crippen molar-refractivity contribution in [3.8, 4) is 5.75 Å². The van der Waals surface area contributed by atoms with Crippen molar-refractivity contribution in [3.05, 3.63) is 51.4 Å². The molecule has 1 saturated heterocycles. The Morgan fingerprint density at radius 3 is 2.57 bits per heavy atom. The second-order valence-electron chi connectivity index (χ2n) is 6.79. The number of hydrogen-bond acceptors (Lipinski definition) is 7. The molecule has 1 aromatic carbocycles. The summed E-state index contributed by atoms with van der Waals surface area (Å²) < 4.78 is 22.9. The molecular formula is C18H24N4O5S. The van der Waals surface area contributed by atoms with Crippen LogP contribution in [-0.4, -0.2) is 42.0 Å². The van der Waals surface area contributed by atoms with Crippen LogP contribution in [0.4, 0.5) is 5.95 Å². The fourth-order valence-electron chi connectivity index (χ4n) is 2.97. The Labute approximate surface area is 164 Å². The molecule has 0 bridgehead atoms. The van der Waals surface area contributed by atoms with Crippen LogP contribution in [-0.2, 0) is 13.6 Å². The van der Waals surface area contributed by atoms with Gasteiger partial charge in [-0.1, -0.05) is 29.8 Å². The summed E-state index contributed by atoms with van der Waals surface area (Å²) >= 11 is 0. The molecule has 2 heterocycles. The van der Waals surface area contributed by atoms with Gasteiger partial charge >= 0.3 is 0 Å². The summed E-state index contributed by atoms with van der Waals surface area (Å²) in [4.78, 5) is 29.0. The Morgan fingerprint density at radius 2 is 1.93 bits per heavy atom. The molecule has 1 aliphatic rings. The van der Waals surface area contributed by atoms with E-state index < -0.39 is 33.7 Å². The molecule has 1 aliphatic heterocycles. The van der Waals surface area contributed by atoms with E-state index in [1.54, 1.807) is 0 Å². The summed E-state index contributed by atoms with van der Waals surface area (Å²) in [5, 5.41) is 12.8. The summed E-state index contributed by atoms with van der Waals surface area (Å²) in [6.45, 7) is 2.44. The predicted octanol–water partition coefficient (Wildman–Crippen LogP) is 1.99. The molecular weight excluding hydrogens is 384 g/mol. The molecule has 1 amide bonds. The minimum Gasteiger partial charge on any atom is -0.501 e. The number of carbonyl (C=O) groups excluding carboxylic acids is 1. The summed E-state index contributed by atoms with van der Waals surface area (Å²) in [6, 6.07) is 7.55. The van der Waals surface area contributed by atoms with Gasteiger partial charge in [-0.25, -0.2) is 9.29 Å². The molecule has 2 aromatic rings. The van der Waals surface area contributed by atoms with Crippen molar-refractivity contribution in [3.63, 3.8) is 0 Å². The van der Waals surface area contributed by atoms with Crippen LogP contribution in [0.25, 0.3) is 0 Å². The van der Waals surface area contributed by atoms with Crippen molar-refractivity contribution in [2.24, 2.45) is 7.05 Å². The zero-order valence-corrected chi connectivity index (χ0v) is 16.6. The van der Waals surface area contributed by atoms with Crippen molar-refractivity contribution in [1.29, 1.82) is 0 Å². The van der Waals surface area contributed by atoms with Crippen LogP contribution in [0, 0.1) is 6.92 Å². The van der Waals surface area contributed by atoms with Crippen LogP contribution < -0.4 is 15.2 Å². The predicted molar refractivity (Wildman–Crippen MR) is 108 cm³/mol. The van der Waals surface area contributed by atoms with E-state index in [-0.39, 0.29) is 24.8 Å². The minimum atomic E-state index is -3.13. The first kappa shape index (κ1) is 20.2. The van der Waals surface area contributed by atoms with Gasteiger partial charge in [-0.3, -0.25) is 23.3 Å². The first-order valence-electron chi connectivity index (χ1n) is 8.88. The molecule has 0 unspecified atom stereocenters. The number of carbonyl (C=O) groups is 1. The number of benzene rings is 1. The lowest BCUT2D eigenvalue weighted by Gasteiger charge is -2.46. The first-order valence-corrected chi connectivity index (χ1v) is 10.6. The highest BCUT2D eigenvalue weighted by Gasteiger charge is 2.31. The summed E-state index contributed by atoms with van der Waals surface area (Å²) in [5.74, 6) is -1.38. The Balaban J connectivity index is 1.90. The average molecular weight is 408 g/mol. The Morgan fingerprint density at radius 1 is 1.25 bits per heavy atom. The number of nitrogens with one attached hydrogen (secondary N) is 1. The molecule has 0 saturated carbocycles. The van der Waals surface area contributed by atoms with Crippen LogP contribution in [0.3, 0.4) is 0 Å². The molecule has 152 valence electrons. The normalized spacial score (nSPS) is 17.2. The maximum Gasteiger partial charge on any atom is 0.297 e. The number of aryl methyl sites for hydroxylation is 1. The lowest BCUT2D eigenvalue weighted by atomic mass is 10.1. The van der Waals surface area contributed by atoms with Gasteiger partial charge < -0.3 is 10.4 Å². The zero-order valence-electron chi connectivity index (χ0n) is 15.8. The summed E-state index contributed by atoms with van der Waals surface area (Å²) in [5.41, 5.74) is 0.677. The van der Waals surface area contributed by atoms with Gasteiger partial charge in [0, 0.05) is 20.1 Å². The second-order valence-corrected chi connectivity index (χ2v) is 8.90. The third kappa shape index (κ3) is 3.98. The molecule has 10 heteroatoms. The molecule has 9 nitrogen and oxygen atoms in total. The maximum absolute atomic E-state index is 12.5. The van der Waals surface area contributed by atoms with Crippen LogP contribution in [0.1, 0.15) is 34.5 Å². The smallest absolute Gasteiger partial charge is 0.297 e. The molecule has 1 aromatic heterocycles. The number of amides is 1. The Kier molecular flexibility index (Phi) is 5.64. The van der Waals surface area contributed by atoms with Crippen molar-refractivity contribution in [2.75, 3.05) is 16.6 Å². The van der Waals surface area contributed by atoms with Gasteiger partial charge in [0.05, 0.1) is 5.75 Å². The van der Waals surface area contributed by atoms with E-state index in [0.29, 0.717) is 12.8 Å². The van der Waals surface area contributed by atoms with E-state index >= 15 is 0 Å². The lowest BCUT2D eigenvalue weighted by Crippen LogP contribution is -2.39. The quantitative estimate of drug-likeness (QED) is 0.609. The van der Waals surface area contributed by atoms with Crippen molar-refractivity contribution in [2.45, 2.75) is 26.3 Å². The monoisotopic (exact) mass is 408 g/mol. The van der Waals surface area contributed by atoms with E-state index in [0.717, 1.165) is 15.7 Å². The fourth-order valence-corrected chi connectivity index (χ4v) is 4.63. The number of nitrogens with zero attached hydrogens (tertiary/aromatic N) is 3. The van der Waals surface area contributed by atoms with Gasteiger partial charge in [-0.05, 0) is 25.3 Å². The molecule has 0 aliphatic carbocycles. The van der Waals surface area contributed by atoms with E-state index in [1.807, 2.05) is 31.2 Å². The minimum absolute atomic E-state index is 0.0528. The molecule has 0 radical (unpaired) electrons. The summed E-state index contributed by atoms with van der Waals surface area (Å²) in [6.07, 6.45) is 1.34. The number of aromatic nitrogens is 2. The summed E-state index contributed by atoms with van der Waals surface area (Å²) in [7, 11) is -1.77. The topological polar surface area (TPSA) is 128 Å². The van der Waals surface area contributed by atoms with Gasteiger partial charge in [0.15, 0.2) is 5.69 Å². The first-order chi connectivity index (χ1) is 13.2. The second kappa shape index (κ2) is 7.82. The third-order valence-corrected chi connectivity index (χ3v) is 6.53. The zero-order chi connectivity index (χ0) is 20.5. The average Bonchev–Trinajstić information content (AvgIpc) is 2.66. The van der Waals surface area contributed by atoms with Crippen molar-refractivity contribution < 1.29 is 19.0 Å².